The van der Waals surface area contributed by atoms with Gasteiger partial charge in [0.05, 0.1) is 0 Å². The molecular weight excluding hydrogens is 240 g/mol. The van der Waals surface area contributed by atoms with E-state index in [1.54, 1.807) is 36.4 Å². The molecule has 0 aliphatic rings. The van der Waals surface area contributed by atoms with Crippen molar-refractivity contribution < 1.29 is 4.79 Å². The van der Waals surface area contributed by atoms with Gasteiger partial charge in [-0.1, -0.05) is 17.7 Å². The summed E-state index contributed by atoms with van der Waals surface area (Å²) < 4.78 is 0. The summed E-state index contributed by atoms with van der Waals surface area (Å²) in [7, 11) is 0. The minimum absolute atomic E-state index is 0.270. The molecule has 86 valence electrons. The average Bonchev–Trinajstić information content (AvgIpc) is 2.32. The van der Waals surface area contributed by atoms with Crippen molar-refractivity contribution in [3.05, 3.63) is 47.1 Å². The van der Waals surface area contributed by atoms with Crippen LogP contribution in [0.4, 0.5) is 11.5 Å². The van der Waals surface area contributed by atoms with Gasteiger partial charge in [0.1, 0.15) is 0 Å². The van der Waals surface area contributed by atoms with Crippen LogP contribution < -0.4 is 11.1 Å². The number of nitrogens with two attached hydrogens (primary N) is 1. The normalized spacial score (nSPS) is 9.94. The van der Waals surface area contributed by atoms with Gasteiger partial charge in [-0.15, -0.1) is 10.2 Å². The zero-order chi connectivity index (χ0) is 12.3. The van der Waals surface area contributed by atoms with Crippen molar-refractivity contribution in [3.8, 4) is 0 Å². The lowest BCUT2D eigenvalue weighted by Gasteiger charge is -2.04. The smallest absolute Gasteiger partial charge is 0.256 e. The van der Waals surface area contributed by atoms with E-state index in [-0.39, 0.29) is 11.1 Å². The predicted octanol–water partition coefficient (Wildman–Crippen LogP) is 1.96. The first-order chi connectivity index (χ1) is 8.15. The maximum absolute atomic E-state index is 11.8. The molecule has 6 heteroatoms. The Morgan fingerprint density at radius 1 is 1.24 bits per heavy atom. The van der Waals surface area contributed by atoms with Crippen LogP contribution in [0.2, 0.25) is 5.15 Å². The van der Waals surface area contributed by atoms with Crippen LogP contribution in [0.5, 0.6) is 0 Å². The maximum atomic E-state index is 11.8. The second-order valence-electron chi connectivity index (χ2n) is 3.32. The highest BCUT2D eigenvalue weighted by atomic mass is 35.5. The lowest BCUT2D eigenvalue weighted by Crippen LogP contribution is -2.13. The highest BCUT2D eigenvalue weighted by Crippen LogP contribution is 2.10. The SMILES string of the molecule is Nc1cccc(C(=O)Nc2ccc(Cl)nn2)c1. The molecule has 0 unspecified atom stereocenters. The van der Waals surface area contributed by atoms with Gasteiger partial charge in [0.15, 0.2) is 11.0 Å². The third-order valence-corrected chi connectivity index (χ3v) is 2.22. The van der Waals surface area contributed by atoms with Gasteiger partial charge in [-0.25, -0.2) is 0 Å². The fourth-order valence-electron chi connectivity index (χ4n) is 1.25. The summed E-state index contributed by atoms with van der Waals surface area (Å²) in [6.07, 6.45) is 0. The maximum Gasteiger partial charge on any atom is 0.256 e. The van der Waals surface area contributed by atoms with E-state index in [2.05, 4.69) is 15.5 Å². The summed E-state index contributed by atoms with van der Waals surface area (Å²) in [5.74, 6) is 0.0377. The van der Waals surface area contributed by atoms with Crippen molar-refractivity contribution in [2.75, 3.05) is 11.1 Å². The third kappa shape index (κ3) is 2.92. The van der Waals surface area contributed by atoms with Gasteiger partial charge in [0, 0.05) is 11.3 Å². The molecule has 0 aliphatic carbocycles. The third-order valence-electron chi connectivity index (χ3n) is 2.02. The van der Waals surface area contributed by atoms with Crippen LogP contribution in [0.1, 0.15) is 10.4 Å². The molecule has 0 atom stereocenters. The number of carbonyl (C=O) groups excluding carboxylic acids is 1. The molecule has 1 amide bonds. The molecule has 1 aromatic heterocycles. The highest BCUT2D eigenvalue weighted by Gasteiger charge is 2.07. The number of hydrogen-bond donors (Lipinski definition) is 2. The van der Waals surface area contributed by atoms with E-state index in [0.29, 0.717) is 17.1 Å². The summed E-state index contributed by atoms with van der Waals surface area (Å²) in [5, 5.41) is 10.2. The Bertz CT molecular complexity index is 541. The standard InChI is InChI=1S/C11H9ClN4O/c12-9-4-5-10(16-15-9)14-11(17)7-2-1-3-8(13)6-7/h1-6H,13H2,(H,14,16,17). The van der Waals surface area contributed by atoms with E-state index >= 15 is 0 Å². The number of aromatic nitrogens is 2. The molecule has 0 saturated heterocycles. The van der Waals surface area contributed by atoms with Crippen LogP contribution in [0.3, 0.4) is 0 Å². The Labute approximate surface area is 103 Å². The fourth-order valence-corrected chi connectivity index (χ4v) is 1.35. The number of benzene rings is 1. The van der Waals surface area contributed by atoms with Crippen molar-refractivity contribution in [2.45, 2.75) is 0 Å². The summed E-state index contributed by atoms with van der Waals surface area (Å²) in [6, 6.07) is 9.77. The molecular formula is C11H9ClN4O. The monoisotopic (exact) mass is 248 g/mol. The van der Waals surface area contributed by atoms with Crippen molar-refractivity contribution in [1.29, 1.82) is 0 Å². The van der Waals surface area contributed by atoms with E-state index in [1.165, 1.54) is 0 Å². The number of carbonyl (C=O) groups is 1. The van der Waals surface area contributed by atoms with Gasteiger partial charge in [-0.05, 0) is 30.3 Å². The molecule has 1 aromatic carbocycles. The number of hydrogen-bond acceptors (Lipinski definition) is 4. The zero-order valence-electron chi connectivity index (χ0n) is 8.72. The first-order valence-corrected chi connectivity index (χ1v) is 5.19. The minimum atomic E-state index is -0.297. The minimum Gasteiger partial charge on any atom is -0.399 e. The number of nitrogen functional groups attached to an aromatic ring is 1. The molecule has 2 aromatic rings. The number of anilines is 2. The van der Waals surface area contributed by atoms with Gasteiger partial charge in [-0.2, -0.15) is 0 Å². The van der Waals surface area contributed by atoms with E-state index in [0.717, 1.165) is 0 Å². The van der Waals surface area contributed by atoms with Gasteiger partial charge < -0.3 is 11.1 Å². The van der Waals surface area contributed by atoms with Crippen LogP contribution in [-0.4, -0.2) is 16.1 Å². The Hall–Kier alpha value is -2.14. The van der Waals surface area contributed by atoms with E-state index in [4.69, 9.17) is 17.3 Å². The van der Waals surface area contributed by atoms with Crippen molar-refractivity contribution in [3.63, 3.8) is 0 Å². The molecule has 0 bridgehead atoms. The fraction of sp³-hybridized carbons (Fsp3) is 0. The van der Waals surface area contributed by atoms with Crippen molar-refractivity contribution >= 4 is 29.0 Å². The molecule has 0 spiro atoms. The highest BCUT2D eigenvalue weighted by molar-refractivity contribution is 6.29. The second kappa shape index (κ2) is 4.80. The number of nitrogens with one attached hydrogen (secondary N) is 1. The number of amides is 1. The first-order valence-electron chi connectivity index (χ1n) is 4.81. The largest absolute Gasteiger partial charge is 0.399 e. The second-order valence-corrected chi connectivity index (χ2v) is 3.71. The molecule has 0 saturated carbocycles. The summed E-state index contributed by atoms with van der Waals surface area (Å²) in [5.41, 5.74) is 6.57. The predicted molar refractivity (Wildman–Crippen MR) is 65.8 cm³/mol. The van der Waals surface area contributed by atoms with Gasteiger partial charge in [-0.3, -0.25) is 4.79 Å². The molecule has 2 rings (SSSR count). The first kappa shape index (κ1) is 11.3. The van der Waals surface area contributed by atoms with Crippen molar-refractivity contribution in [2.24, 2.45) is 0 Å². The molecule has 5 nitrogen and oxygen atoms in total. The summed E-state index contributed by atoms with van der Waals surface area (Å²) >= 11 is 5.58. The summed E-state index contributed by atoms with van der Waals surface area (Å²) in [6.45, 7) is 0. The van der Waals surface area contributed by atoms with Crippen LogP contribution in [0.15, 0.2) is 36.4 Å². The zero-order valence-corrected chi connectivity index (χ0v) is 9.48. The average molecular weight is 249 g/mol. The number of nitrogens with zero attached hydrogens (tertiary/aromatic N) is 2. The van der Waals surface area contributed by atoms with Gasteiger partial charge >= 0.3 is 0 Å². The van der Waals surface area contributed by atoms with E-state index in [1.807, 2.05) is 0 Å². The number of rotatable bonds is 2. The van der Waals surface area contributed by atoms with E-state index in [9.17, 15) is 4.79 Å². The molecule has 1 heterocycles. The number of halogens is 1. The molecule has 0 aliphatic heterocycles. The molecule has 0 fully saturated rings. The Morgan fingerprint density at radius 2 is 2.06 bits per heavy atom. The summed E-state index contributed by atoms with van der Waals surface area (Å²) in [4.78, 5) is 11.8. The quantitative estimate of drug-likeness (QED) is 0.796. The van der Waals surface area contributed by atoms with Crippen LogP contribution in [-0.2, 0) is 0 Å². The lowest BCUT2D eigenvalue weighted by molar-refractivity contribution is 0.102. The van der Waals surface area contributed by atoms with Gasteiger partial charge in [0.2, 0.25) is 0 Å². The van der Waals surface area contributed by atoms with Crippen molar-refractivity contribution in [1.82, 2.24) is 10.2 Å². The topological polar surface area (TPSA) is 80.9 Å². The molecule has 17 heavy (non-hydrogen) atoms. The van der Waals surface area contributed by atoms with Crippen LogP contribution in [0.25, 0.3) is 0 Å². The molecule has 3 N–H and O–H groups in total. The Balaban J connectivity index is 2.14. The Kier molecular flexibility index (Phi) is 3.20. The molecule has 0 radical (unpaired) electrons. The van der Waals surface area contributed by atoms with Gasteiger partial charge in [0.25, 0.3) is 5.91 Å². The lowest BCUT2D eigenvalue weighted by atomic mass is 10.2. The Morgan fingerprint density at radius 3 is 2.71 bits per heavy atom. The van der Waals surface area contributed by atoms with E-state index < -0.39 is 0 Å². The van der Waals surface area contributed by atoms with Crippen LogP contribution >= 0.6 is 11.6 Å². The van der Waals surface area contributed by atoms with Crippen LogP contribution in [0, 0.1) is 0 Å².